The fourth-order valence-electron chi connectivity index (χ4n) is 5.79. The smallest absolute Gasteiger partial charge is 0.316 e. The predicted molar refractivity (Wildman–Crippen MR) is 189 cm³/mol. The summed E-state index contributed by atoms with van der Waals surface area (Å²) in [5, 5.41) is 0. The van der Waals surface area contributed by atoms with E-state index in [0.29, 0.717) is 12.3 Å². The van der Waals surface area contributed by atoms with E-state index >= 15 is 0 Å². The van der Waals surface area contributed by atoms with E-state index in [2.05, 4.69) is 45.1 Å². The van der Waals surface area contributed by atoms with Gasteiger partial charge >= 0.3 is 11.9 Å². The Morgan fingerprint density at radius 1 is 0.568 bits per heavy atom. The van der Waals surface area contributed by atoms with Gasteiger partial charge in [0.2, 0.25) is 0 Å². The second-order valence-corrected chi connectivity index (χ2v) is 13.4. The van der Waals surface area contributed by atoms with Crippen molar-refractivity contribution >= 4 is 18.2 Å². The van der Waals surface area contributed by atoms with Crippen LogP contribution in [0.15, 0.2) is 24.3 Å². The van der Waals surface area contributed by atoms with E-state index in [0.717, 1.165) is 76.9 Å². The van der Waals surface area contributed by atoms with Gasteiger partial charge in [0.15, 0.2) is 0 Å². The molecule has 0 aromatic heterocycles. The average molecular weight is 617 g/mol. The van der Waals surface area contributed by atoms with Gasteiger partial charge in [-0.1, -0.05) is 154 Å². The predicted octanol–water partition coefficient (Wildman–Crippen LogP) is 12.6. The van der Waals surface area contributed by atoms with Gasteiger partial charge in [-0.25, -0.2) is 0 Å². The third-order valence-electron chi connectivity index (χ3n) is 8.51. The number of esters is 2. The summed E-state index contributed by atoms with van der Waals surface area (Å²) in [6.07, 6.45) is 41.6. The molecule has 0 aromatic rings. The number of aldehydes is 1. The Bertz CT molecular complexity index is 708. The number of unbranched alkanes of at least 4 members (excludes halogenated alkanes) is 21. The first-order chi connectivity index (χ1) is 21.5. The molecule has 0 fully saturated rings. The maximum Gasteiger partial charge on any atom is 0.316 e. The highest BCUT2D eigenvalue weighted by Crippen LogP contribution is 2.22. The fourth-order valence-corrected chi connectivity index (χ4v) is 5.79. The molecule has 0 saturated heterocycles. The number of allylic oxidation sites excluding steroid dienone is 4. The minimum atomic E-state index is -0.340. The van der Waals surface area contributed by atoms with Crippen LogP contribution in [0.3, 0.4) is 0 Å². The van der Waals surface area contributed by atoms with Crippen LogP contribution in [-0.4, -0.2) is 18.2 Å². The van der Waals surface area contributed by atoms with Gasteiger partial charge in [-0.15, -0.1) is 0 Å². The monoisotopic (exact) mass is 617 g/mol. The van der Waals surface area contributed by atoms with E-state index < -0.39 is 0 Å². The van der Waals surface area contributed by atoms with Crippen LogP contribution in [0.2, 0.25) is 0 Å². The van der Waals surface area contributed by atoms with Gasteiger partial charge in [-0.05, 0) is 63.7 Å². The maximum absolute atomic E-state index is 12.8. The number of ether oxygens (including phenoxy) is 1. The SMILES string of the molecule is CCCCCC=CCC=CCCCCCCCC(=O)OC(=O)C(CCCCCCCCCCCCCCCC=O)CC(C)C. The lowest BCUT2D eigenvalue weighted by atomic mass is 9.91. The topological polar surface area (TPSA) is 60.4 Å². The first-order valence-corrected chi connectivity index (χ1v) is 19.0. The summed E-state index contributed by atoms with van der Waals surface area (Å²) in [5.41, 5.74) is 0. The number of carbonyl (C=O) groups is 3. The number of rotatable bonds is 33. The molecule has 0 heterocycles. The molecule has 0 spiro atoms. The number of hydrogen-bond donors (Lipinski definition) is 0. The molecule has 0 saturated carbocycles. The molecule has 1 atom stereocenters. The van der Waals surface area contributed by atoms with Crippen LogP contribution in [0.25, 0.3) is 0 Å². The lowest BCUT2D eigenvalue weighted by Crippen LogP contribution is -2.23. The second-order valence-electron chi connectivity index (χ2n) is 13.4. The molecule has 0 bridgehead atoms. The zero-order chi connectivity index (χ0) is 32.4. The Morgan fingerprint density at radius 3 is 1.52 bits per heavy atom. The summed E-state index contributed by atoms with van der Waals surface area (Å²) in [7, 11) is 0. The van der Waals surface area contributed by atoms with Crippen LogP contribution in [0.5, 0.6) is 0 Å². The minimum Gasteiger partial charge on any atom is -0.393 e. The van der Waals surface area contributed by atoms with Gasteiger partial charge in [-0.3, -0.25) is 9.59 Å². The molecule has 256 valence electrons. The highest BCUT2D eigenvalue weighted by molar-refractivity contribution is 5.86. The Morgan fingerprint density at radius 2 is 1.02 bits per heavy atom. The molecule has 0 rings (SSSR count). The lowest BCUT2D eigenvalue weighted by Gasteiger charge is -2.17. The highest BCUT2D eigenvalue weighted by Gasteiger charge is 2.23. The zero-order valence-electron chi connectivity index (χ0n) is 29.5. The first kappa shape index (κ1) is 42.3. The molecular weight excluding hydrogens is 544 g/mol. The van der Waals surface area contributed by atoms with Crippen molar-refractivity contribution in [3.05, 3.63) is 24.3 Å². The van der Waals surface area contributed by atoms with Gasteiger partial charge < -0.3 is 9.53 Å². The molecule has 0 N–H and O–H groups in total. The van der Waals surface area contributed by atoms with Gasteiger partial charge in [0, 0.05) is 12.8 Å². The minimum absolute atomic E-state index is 0.151. The molecule has 44 heavy (non-hydrogen) atoms. The summed E-state index contributed by atoms with van der Waals surface area (Å²) >= 11 is 0. The fraction of sp³-hybridized carbons (Fsp3) is 0.825. The van der Waals surface area contributed by atoms with Crippen molar-refractivity contribution in [2.24, 2.45) is 11.8 Å². The molecule has 0 radical (unpaired) electrons. The summed E-state index contributed by atoms with van der Waals surface area (Å²) < 4.78 is 5.30. The molecule has 0 aliphatic heterocycles. The Labute approximate surface area is 273 Å². The van der Waals surface area contributed by atoms with E-state index in [-0.39, 0.29) is 17.9 Å². The first-order valence-electron chi connectivity index (χ1n) is 19.0. The van der Waals surface area contributed by atoms with Gasteiger partial charge in [0.05, 0.1) is 5.92 Å². The van der Waals surface area contributed by atoms with Crippen LogP contribution in [0.4, 0.5) is 0 Å². The Kier molecular flexibility index (Phi) is 32.8. The molecule has 0 aliphatic rings. The van der Waals surface area contributed by atoms with Crippen LogP contribution in [0, 0.1) is 11.8 Å². The standard InChI is InChI=1S/C40H72O4/c1-4-5-6-7-8-9-10-11-12-16-19-22-25-28-31-34-39(42)44-40(43)38(36-37(2)3)33-30-27-24-21-18-15-13-14-17-20-23-26-29-32-35-41/h8-9,11-12,35,37-38H,4-7,10,13-34,36H2,1-3H3. The Hall–Kier alpha value is -1.71. The van der Waals surface area contributed by atoms with E-state index in [9.17, 15) is 14.4 Å². The van der Waals surface area contributed by atoms with Gasteiger partial charge in [-0.2, -0.15) is 0 Å². The Balaban J connectivity index is 3.81. The molecule has 0 aromatic carbocycles. The number of hydrogen-bond acceptors (Lipinski definition) is 4. The van der Waals surface area contributed by atoms with E-state index in [1.165, 1.54) is 103 Å². The van der Waals surface area contributed by atoms with Crippen molar-refractivity contribution < 1.29 is 19.1 Å². The van der Waals surface area contributed by atoms with Crippen molar-refractivity contribution in [3.63, 3.8) is 0 Å². The summed E-state index contributed by atoms with van der Waals surface area (Å²) in [6, 6.07) is 0. The van der Waals surface area contributed by atoms with Crippen LogP contribution < -0.4 is 0 Å². The van der Waals surface area contributed by atoms with Crippen molar-refractivity contribution in [2.75, 3.05) is 0 Å². The van der Waals surface area contributed by atoms with Gasteiger partial charge in [0.1, 0.15) is 6.29 Å². The van der Waals surface area contributed by atoms with Crippen molar-refractivity contribution in [3.8, 4) is 0 Å². The van der Waals surface area contributed by atoms with Crippen LogP contribution in [-0.2, 0) is 19.1 Å². The molecule has 0 aliphatic carbocycles. The normalized spacial score (nSPS) is 12.5. The van der Waals surface area contributed by atoms with Crippen molar-refractivity contribution in [2.45, 2.75) is 201 Å². The van der Waals surface area contributed by atoms with Crippen molar-refractivity contribution in [1.82, 2.24) is 0 Å². The molecule has 4 heteroatoms. The van der Waals surface area contributed by atoms with Crippen molar-refractivity contribution in [1.29, 1.82) is 0 Å². The number of carbonyl (C=O) groups excluding carboxylic acids is 3. The van der Waals surface area contributed by atoms with E-state index in [1.54, 1.807) is 0 Å². The van der Waals surface area contributed by atoms with E-state index in [4.69, 9.17) is 4.74 Å². The maximum atomic E-state index is 12.8. The van der Waals surface area contributed by atoms with E-state index in [1.807, 2.05) is 0 Å². The second kappa shape index (κ2) is 34.2. The quantitative estimate of drug-likeness (QED) is 0.0242. The molecule has 0 amide bonds. The summed E-state index contributed by atoms with van der Waals surface area (Å²) in [6.45, 7) is 6.52. The highest BCUT2D eigenvalue weighted by atomic mass is 16.6. The average Bonchev–Trinajstić information content (AvgIpc) is 3.00. The summed E-state index contributed by atoms with van der Waals surface area (Å²) in [4.78, 5) is 35.4. The molecular formula is C40H72O4. The van der Waals surface area contributed by atoms with Crippen LogP contribution in [0.1, 0.15) is 201 Å². The lowest BCUT2D eigenvalue weighted by molar-refractivity contribution is -0.163. The van der Waals surface area contributed by atoms with Gasteiger partial charge in [0.25, 0.3) is 0 Å². The molecule has 1 unspecified atom stereocenters. The third kappa shape index (κ3) is 31.7. The summed E-state index contributed by atoms with van der Waals surface area (Å²) in [5.74, 6) is -0.370. The molecule has 4 nitrogen and oxygen atoms in total. The zero-order valence-corrected chi connectivity index (χ0v) is 29.5. The third-order valence-corrected chi connectivity index (χ3v) is 8.51. The largest absolute Gasteiger partial charge is 0.393 e. The van der Waals surface area contributed by atoms with Crippen LogP contribution >= 0.6 is 0 Å².